The van der Waals surface area contributed by atoms with Gasteiger partial charge in [0.05, 0.1) is 24.1 Å². The summed E-state index contributed by atoms with van der Waals surface area (Å²) < 4.78 is 42.8. The van der Waals surface area contributed by atoms with Crippen LogP contribution in [0, 0.1) is 24.4 Å². The third-order valence-electron chi connectivity index (χ3n) is 6.26. The van der Waals surface area contributed by atoms with Gasteiger partial charge in [-0.05, 0) is 54.8 Å². The quantitative estimate of drug-likeness (QED) is 0.242. The van der Waals surface area contributed by atoms with E-state index in [0.29, 0.717) is 22.6 Å². The fraction of sp³-hybridized carbons (Fsp3) is 0.138. The molecule has 2 aromatic heterocycles. The van der Waals surface area contributed by atoms with Crippen LogP contribution in [0.1, 0.15) is 51.4 Å². The zero-order chi connectivity index (χ0) is 28.4. The van der Waals surface area contributed by atoms with Gasteiger partial charge in [-0.2, -0.15) is 0 Å². The minimum absolute atomic E-state index is 0.0117. The van der Waals surface area contributed by atoms with Crippen molar-refractivity contribution in [2.24, 2.45) is 0 Å². The second kappa shape index (κ2) is 11.0. The predicted molar refractivity (Wildman–Crippen MR) is 143 cm³/mol. The molecule has 2 N–H and O–H groups in total. The SMILES string of the molecule is Cc1cnc(/C=C2\C(=O)Nc3cc(/C=C/CCC(=O)c4cncn(Cc5ccc(F)c(F)c5)c4=O)cc(F)c32)[nH]1. The van der Waals surface area contributed by atoms with Crippen molar-refractivity contribution < 1.29 is 22.8 Å². The number of allylic oxidation sites excluding steroid dienone is 1. The van der Waals surface area contributed by atoms with Crippen molar-refractivity contribution in [3.05, 3.63) is 117 Å². The highest BCUT2D eigenvalue weighted by Gasteiger charge is 2.28. The Morgan fingerprint density at radius 2 is 1.88 bits per heavy atom. The monoisotopic (exact) mass is 545 g/mol. The van der Waals surface area contributed by atoms with Crippen LogP contribution in [-0.4, -0.2) is 31.2 Å². The molecule has 0 saturated heterocycles. The van der Waals surface area contributed by atoms with Crippen LogP contribution in [0.3, 0.4) is 0 Å². The summed E-state index contributed by atoms with van der Waals surface area (Å²) in [6, 6.07) is 6.19. The number of nitrogens with one attached hydrogen (secondary N) is 2. The van der Waals surface area contributed by atoms with E-state index >= 15 is 0 Å². The van der Waals surface area contributed by atoms with Gasteiger partial charge in [-0.25, -0.2) is 23.1 Å². The number of aromatic nitrogens is 4. The first-order valence-corrected chi connectivity index (χ1v) is 12.3. The molecule has 40 heavy (non-hydrogen) atoms. The molecule has 4 aromatic rings. The van der Waals surface area contributed by atoms with Crippen LogP contribution < -0.4 is 10.9 Å². The lowest BCUT2D eigenvalue weighted by Crippen LogP contribution is -2.27. The van der Waals surface area contributed by atoms with Gasteiger partial charge in [-0.15, -0.1) is 0 Å². The highest BCUT2D eigenvalue weighted by molar-refractivity contribution is 6.34. The number of H-pyrrole nitrogens is 1. The third kappa shape index (κ3) is 5.53. The number of anilines is 1. The van der Waals surface area contributed by atoms with Crippen LogP contribution >= 0.6 is 0 Å². The number of amides is 1. The van der Waals surface area contributed by atoms with Crippen molar-refractivity contribution in [1.29, 1.82) is 0 Å². The van der Waals surface area contributed by atoms with E-state index in [1.54, 1.807) is 24.4 Å². The van der Waals surface area contributed by atoms with Crippen LogP contribution in [0.15, 0.2) is 59.9 Å². The lowest BCUT2D eigenvalue weighted by atomic mass is 10.0. The minimum Gasteiger partial charge on any atom is -0.343 e. The van der Waals surface area contributed by atoms with E-state index in [0.717, 1.165) is 22.4 Å². The number of hydrogen-bond donors (Lipinski definition) is 2. The molecule has 1 amide bonds. The predicted octanol–water partition coefficient (Wildman–Crippen LogP) is 4.91. The summed E-state index contributed by atoms with van der Waals surface area (Å²) in [6.45, 7) is 1.74. The molecule has 202 valence electrons. The Hall–Kier alpha value is -5.06. The number of imidazole rings is 1. The van der Waals surface area contributed by atoms with Gasteiger partial charge in [-0.3, -0.25) is 19.0 Å². The Morgan fingerprint density at radius 1 is 1.05 bits per heavy atom. The van der Waals surface area contributed by atoms with Gasteiger partial charge in [-0.1, -0.05) is 18.2 Å². The van der Waals surface area contributed by atoms with E-state index in [2.05, 4.69) is 20.3 Å². The van der Waals surface area contributed by atoms with E-state index < -0.39 is 34.7 Å². The fourth-order valence-corrected chi connectivity index (χ4v) is 4.34. The van der Waals surface area contributed by atoms with Gasteiger partial charge >= 0.3 is 0 Å². The van der Waals surface area contributed by atoms with Gasteiger partial charge in [0, 0.05) is 30.1 Å². The molecule has 0 spiro atoms. The standard InChI is InChI=1S/C29H22F3N5O3/c1-16-12-34-26(35-16)11-19-27-23(32)8-17(10-24(27)36-28(19)39)4-2-3-5-25(38)20-13-33-15-37(29(20)40)14-18-6-7-21(30)22(31)9-18/h2,4,6-13,15H,3,5,14H2,1H3,(H,34,35)(H,36,39)/b4-2+,19-11-. The summed E-state index contributed by atoms with van der Waals surface area (Å²) in [5.74, 6) is -3.07. The van der Waals surface area contributed by atoms with E-state index in [-0.39, 0.29) is 36.1 Å². The molecule has 5 rings (SSSR count). The van der Waals surface area contributed by atoms with Gasteiger partial charge in [0.15, 0.2) is 17.4 Å². The Bertz CT molecular complexity index is 1770. The lowest BCUT2D eigenvalue weighted by Gasteiger charge is -2.07. The topological polar surface area (TPSA) is 110 Å². The zero-order valence-electron chi connectivity index (χ0n) is 21.2. The van der Waals surface area contributed by atoms with E-state index in [4.69, 9.17) is 0 Å². The molecule has 3 heterocycles. The average Bonchev–Trinajstić information content (AvgIpc) is 3.47. The molecule has 0 fully saturated rings. The number of carbonyl (C=O) groups is 2. The third-order valence-corrected chi connectivity index (χ3v) is 6.26. The summed E-state index contributed by atoms with van der Waals surface area (Å²) in [7, 11) is 0. The molecule has 0 atom stereocenters. The number of rotatable bonds is 8. The van der Waals surface area contributed by atoms with E-state index in [1.807, 2.05) is 6.92 Å². The fourth-order valence-electron chi connectivity index (χ4n) is 4.34. The second-order valence-corrected chi connectivity index (χ2v) is 9.24. The second-order valence-electron chi connectivity index (χ2n) is 9.24. The van der Waals surface area contributed by atoms with Crippen molar-refractivity contribution in [2.45, 2.75) is 26.3 Å². The number of ketones is 1. The minimum atomic E-state index is -1.04. The van der Waals surface area contributed by atoms with E-state index in [9.17, 15) is 27.6 Å². The zero-order valence-corrected chi connectivity index (χ0v) is 21.2. The maximum Gasteiger partial charge on any atom is 0.264 e. The molecule has 0 radical (unpaired) electrons. The number of hydrogen-bond acceptors (Lipinski definition) is 5. The Morgan fingerprint density at radius 3 is 2.62 bits per heavy atom. The summed E-state index contributed by atoms with van der Waals surface area (Å²) in [5, 5.41) is 2.66. The van der Waals surface area contributed by atoms with Crippen LogP contribution in [0.5, 0.6) is 0 Å². The average molecular weight is 546 g/mol. The first-order chi connectivity index (χ1) is 19.2. The van der Waals surface area contributed by atoms with Crippen molar-refractivity contribution in [2.75, 3.05) is 5.32 Å². The number of aryl methyl sites for hydroxylation is 1. The maximum atomic E-state index is 15.0. The van der Waals surface area contributed by atoms with Crippen molar-refractivity contribution in [3.8, 4) is 0 Å². The lowest BCUT2D eigenvalue weighted by molar-refractivity contribution is -0.110. The van der Waals surface area contributed by atoms with Crippen LogP contribution in [0.25, 0.3) is 17.7 Å². The first kappa shape index (κ1) is 26.5. The first-order valence-electron chi connectivity index (χ1n) is 12.3. The van der Waals surface area contributed by atoms with Crippen LogP contribution in [-0.2, 0) is 11.3 Å². The molecule has 1 aliphatic rings. The van der Waals surface area contributed by atoms with E-state index in [1.165, 1.54) is 30.7 Å². The number of halogens is 3. The van der Waals surface area contributed by atoms with Gasteiger partial charge < -0.3 is 10.3 Å². The molecule has 2 aromatic carbocycles. The Balaban J connectivity index is 1.25. The van der Waals surface area contributed by atoms with Crippen LogP contribution in [0.2, 0.25) is 0 Å². The number of benzene rings is 2. The maximum absolute atomic E-state index is 15.0. The largest absolute Gasteiger partial charge is 0.343 e. The smallest absolute Gasteiger partial charge is 0.264 e. The molecule has 11 heteroatoms. The van der Waals surface area contributed by atoms with Crippen LogP contribution in [0.4, 0.5) is 18.9 Å². The molecular formula is C29H22F3N5O3. The van der Waals surface area contributed by atoms with Crippen molar-refractivity contribution in [1.82, 2.24) is 19.5 Å². The molecule has 0 saturated carbocycles. The molecule has 0 unspecified atom stereocenters. The molecule has 1 aliphatic heterocycles. The molecular weight excluding hydrogens is 523 g/mol. The number of Topliss-reactive ketones (excluding diaryl/α,β-unsaturated/α-hetero) is 1. The summed E-state index contributed by atoms with van der Waals surface area (Å²) >= 11 is 0. The van der Waals surface area contributed by atoms with Gasteiger partial charge in [0.1, 0.15) is 17.2 Å². The van der Waals surface area contributed by atoms with Crippen molar-refractivity contribution in [3.63, 3.8) is 0 Å². The highest BCUT2D eigenvalue weighted by atomic mass is 19.2. The van der Waals surface area contributed by atoms with Gasteiger partial charge in [0.25, 0.3) is 11.5 Å². The number of aromatic amines is 1. The van der Waals surface area contributed by atoms with Crippen molar-refractivity contribution >= 4 is 35.1 Å². The molecule has 8 nitrogen and oxygen atoms in total. The van der Waals surface area contributed by atoms with Gasteiger partial charge in [0.2, 0.25) is 0 Å². The Labute approximate surface area is 225 Å². The normalized spacial score (nSPS) is 13.7. The highest BCUT2D eigenvalue weighted by Crippen LogP contribution is 2.36. The summed E-state index contributed by atoms with van der Waals surface area (Å²) in [4.78, 5) is 49.0. The molecule has 0 bridgehead atoms. The Kier molecular flexibility index (Phi) is 7.28. The summed E-state index contributed by atoms with van der Waals surface area (Å²) in [5.41, 5.74) is 1.54. The summed E-state index contributed by atoms with van der Waals surface area (Å²) in [6.07, 6.45) is 9.01. The molecule has 0 aliphatic carbocycles. The number of carbonyl (C=O) groups excluding carboxylic acids is 2. The number of nitrogens with zero attached hydrogens (tertiary/aromatic N) is 3. The number of fused-ring (bicyclic) bond motifs is 1.